The van der Waals surface area contributed by atoms with Gasteiger partial charge in [0.15, 0.2) is 25.2 Å². The summed E-state index contributed by atoms with van der Waals surface area (Å²) in [6.45, 7) is 0.706. The van der Waals surface area contributed by atoms with Crippen molar-refractivity contribution in [2.75, 3.05) is 26.4 Å². The number of carbonyl (C=O) groups excluding carboxylic acids is 4. The summed E-state index contributed by atoms with van der Waals surface area (Å²) >= 11 is 0. The van der Waals surface area contributed by atoms with Gasteiger partial charge in [-0.1, -0.05) is 0 Å². The number of carbonyl (C=O) groups is 4. The van der Waals surface area contributed by atoms with Gasteiger partial charge in [0.05, 0.1) is 26.4 Å². The lowest BCUT2D eigenvalue weighted by Crippen LogP contribution is -2.73. The molecule has 4 aliphatic rings. The van der Waals surface area contributed by atoms with Crippen molar-refractivity contribution < 1.29 is 103 Å². The van der Waals surface area contributed by atoms with Gasteiger partial charge in [0, 0.05) is 27.7 Å². The van der Waals surface area contributed by atoms with Gasteiger partial charge < -0.3 is 105 Å². The Hall–Kier alpha value is -2.80. The molecule has 25 nitrogen and oxygen atoms in total. The Morgan fingerprint density at radius 3 is 1.18 bits per heavy atom. The van der Waals surface area contributed by atoms with Crippen molar-refractivity contribution in [3.63, 3.8) is 0 Å². The number of nitrogens with one attached hydrogen (secondary N) is 4. The molecule has 0 aromatic heterocycles. The number of hydrogen-bond acceptors (Lipinski definition) is 21. The maximum absolute atomic E-state index is 12.9. The van der Waals surface area contributed by atoms with Gasteiger partial charge in [0.1, 0.15) is 97.4 Å². The molecule has 0 aromatic rings. The first-order valence-electron chi connectivity index (χ1n) is 18.1. The normalized spacial score (nSPS) is 43.8. The van der Waals surface area contributed by atoms with Crippen molar-refractivity contribution in [2.45, 2.75) is 150 Å². The number of aliphatic hydroxyl groups is 10. The maximum Gasteiger partial charge on any atom is 0.217 e. The molecule has 1 unspecified atom stereocenters. The van der Waals surface area contributed by atoms with Gasteiger partial charge in [-0.25, -0.2) is 0 Å². The number of rotatable bonds is 14. The fourth-order valence-electron chi connectivity index (χ4n) is 7.15. The van der Waals surface area contributed by atoms with Gasteiger partial charge in [0.2, 0.25) is 23.6 Å². The predicted molar refractivity (Wildman–Crippen MR) is 180 cm³/mol. The number of ether oxygens (including phenoxy) is 7. The van der Waals surface area contributed by atoms with E-state index in [0.717, 1.165) is 27.7 Å². The van der Waals surface area contributed by atoms with Gasteiger partial charge >= 0.3 is 0 Å². The SMILES string of the molecule is CC(=O)N[C@H]1[C@H](O[C@@H]2[C@@H](NC(C)=O)[C@H](O[C@H]3[C@@H](O)[C@@H](CO)OC(O)[C@@H]3NC(C)=O)O[C@H](CO)[C@H]2O[C@@H]2O[C@H](CO)[C@H](O)[C@H](O)[C@H]2NC(C)=O)O[C@H](CO)[C@H](O)[C@@H]1O. The summed E-state index contributed by atoms with van der Waals surface area (Å²) in [5.74, 6) is -3.00. The van der Waals surface area contributed by atoms with Crippen molar-refractivity contribution in [1.82, 2.24) is 21.3 Å². The summed E-state index contributed by atoms with van der Waals surface area (Å²) in [7, 11) is 0. The number of aliphatic hydroxyl groups excluding tert-OH is 10. The molecule has 20 atom stereocenters. The van der Waals surface area contributed by atoms with Crippen LogP contribution < -0.4 is 21.3 Å². The zero-order valence-electron chi connectivity index (χ0n) is 31.3. The molecule has 0 saturated carbocycles. The van der Waals surface area contributed by atoms with Crippen LogP contribution in [-0.2, 0) is 52.3 Å². The third-order valence-corrected chi connectivity index (χ3v) is 9.81. The molecule has 4 saturated heterocycles. The van der Waals surface area contributed by atoms with E-state index in [1.165, 1.54) is 0 Å². The molecular formula is C32H54N4O21. The van der Waals surface area contributed by atoms with Crippen LogP contribution in [0.15, 0.2) is 0 Å². The second-order valence-electron chi connectivity index (χ2n) is 14.1. The minimum absolute atomic E-state index is 0.718. The van der Waals surface area contributed by atoms with E-state index < -0.39 is 173 Å². The first-order chi connectivity index (χ1) is 26.9. The molecule has 4 heterocycles. The Morgan fingerprint density at radius 1 is 0.421 bits per heavy atom. The summed E-state index contributed by atoms with van der Waals surface area (Å²) in [5, 5.41) is 115. The van der Waals surface area contributed by atoms with E-state index in [-0.39, 0.29) is 0 Å². The van der Waals surface area contributed by atoms with Crippen molar-refractivity contribution >= 4 is 23.6 Å². The highest BCUT2D eigenvalue weighted by Gasteiger charge is 2.57. The Morgan fingerprint density at radius 2 is 0.754 bits per heavy atom. The number of hydrogen-bond donors (Lipinski definition) is 14. The maximum atomic E-state index is 12.9. The Balaban J connectivity index is 1.86. The van der Waals surface area contributed by atoms with Crippen molar-refractivity contribution in [1.29, 1.82) is 0 Å². The standard InChI is InChI=1S/C32H54N4O21/c1-9(41)33-17-24(48)21(45)13(5-37)52-30(17)55-26-16(8-40)54-32(56-27-19(35-11(3)43)29(50)51-15(7-39)23(27)47)20(36-12(4)44)28(26)57-31-18(34-10(2)42)25(49)22(46)14(6-38)53-31/h13-32,37-40,45-50H,5-8H2,1-4H3,(H,33,41)(H,34,42)(H,35,43)(H,36,44)/t13-,14-,15-,16-,17-,18-,19-,20-,21+,22+,23+,24-,25-,26-,27-,28-,29?,30+,31+,32+/m1/s1. The minimum atomic E-state index is -1.88. The zero-order chi connectivity index (χ0) is 42.5. The lowest BCUT2D eigenvalue weighted by molar-refractivity contribution is -0.370. The fraction of sp³-hybridized carbons (Fsp3) is 0.875. The van der Waals surface area contributed by atoms with E-state index in [4.69, 9.17) is 33.2 Å². The number of amides is 4. The second-order valence-corrected chi connectivity index (χ2v) is 14.1. The molecule has 328 valence electrons. The summed E-state index contributed by atoms with van der Waals surface area (Å²) < 4.78 is 41.5. The van der Waals surface area contributed by atoms with E-state index in [0.29, 0.717) is 0 Å². The van der Waals surface area contributed by atoms with E-state index in [1.807, 2.05) is 0 Å². The quantitative estimate of drug-likeness (QED) is 0.0773. The third-order valence-electron chi connectivity index (χ3n) is 9.81. The summed E-state index contributed by atoms with van der Waals surface area (Å²) in [4.78, 5) is 49.5. The van der Waals surface area contributed by atoms with Crippen molar-refractivity contribution in [2.24, 2.45) is 0 Å². The van der Waals surface area contributed by atoms with Gasteiger partial charge in [-0.2, -0.15) is 0 Å². The highest BCUT2D eigenvalue weighted by molar-refractivity contribution is 5.74. The zero-order valence-corrected chi connectivity index (χ0v) is 31.3. The third kappa shape index (κ3) is 10.9. The van der Waals surface area contributed by atoms with E-state index in [9.17, 15) is 70.2 Å². The monoisotopic (exact) mass is 830 g/mol. The molecule has 0 radical (unpaired) electrons. The van der Waals surface area contributed by atoms with E-state index in [2.05, 4.69) is 21.3 Å². The Kier molecular flexibility index (Phi) is 16.8. The van der Waals surface area contributed by atoms with Crippen LogP contribution in [0.4, 0.5) is 0 Å². The van der Waals surface area contributed by atoms with Crippen LogP contribution in [0, 0.1) is 0 Å². The molecule has 0 aliphatic carbocycles. The van der Waals surface area contributed by atoms with Crippen LogP contribution >= 0.6 is 0 Å². The summed E-state index contributed by atoms with van der Waals surface area (Å²) in [6, 6.07) is -6.43. The molecule has 4 rings (SSSR count). The summed E-state index contributed by atoms with van der Waals surface area (Å²) in [6.07, 6.45) is -27.9. The average molecular weight is 831 g/mol. The molecule has 4 amide bonds. The minimum Gasteiger partial charge on any atom is -0.394 e. The van der Waals surface area contributed by atoms with Crippen LogP contribution in [0.3, 0.4) is 0 Å². The Labute approximate surface area is 325 Å². The van der Waals surface area contributed by atoms with E-state index in [1.54, 1.807) is 0 Å². The topological polar surface area (TPSA) is 383 Å². The predicted octanol–water partition coefficient (Wildman–Crippen LogP) is -9.17. The highest BCUT2D eigenvalue weighted by atomic mass is 16.8. The van der Waals surface area contributed by atoms with Crippen LogP contribution in [0.25, 0.3) is 0 Å². The Bertz CT molecular complexity index is 1370. The molecule has 4 aliphatic heterocycles. The highest BCUT2D eigenvalue weighted by Crippen LogP contribution is 2.36. The van der Waals surface area contributed by atoms with Crippen LogP contribution in [0.1, 0.15) is 27.7 Å². The van der Waals surface area contributed by atoms with Crippen LogP contribution in [0.5, 0.6) is 0 Å². The molecule has 0 bridgehead atoms. The largest absolute Gasteiger partial charge is 0.394 e. The molecule has 4 fully saturated rings. The molecule has 25 heteroatoms. The first kappa shape index (κ1) is 46.9. The average Bonchev–Trinajstić information content (AvgIpc) is 3.14. The lowest BCUT2D eigenvalue weighted by atomic mass is 9.92. The van der Waals surface area contributed by atoms with Gasteiger partial charge in [-0.05, 0) is 0 Å². The molecule has 57 heavy (non-hydrogen) atoms. The van der Waals surface area contributed by atoms with Crippen LogP contribution in [0.2, 0.25) is 0 Å². The van der Waals surface area contributed by atoms with Gasteiger partial charge in [0.25, 0.3) is 0 Å². The van der Waals surface area contributed by atoms with Crippen LogP contribution in [-0.4, -0.2) is 224 Å². The van der Waals surface area contributed by atoms with Gasteiger partial charge in [-0.3, -0.25) is 19.2 Å². The van der Waals surface area contributed by atoms with E-state index >= 15 is 0 Å². The smallest absolute Gasteiger partial charge is 0.217 e. The molecule has 0 spiro atoms. The summed E-state index contributed by atoms with van der Waals surface area (Å²) in [5.41, 5.74) is 0. The van der Waals surface area contributed by atoms with Gasteiger partial charge in [-0.15, -0.1) is 0 Å². The second kappa shape index (κ2) is 20.4. The molecular weight excluding hydrogens is 776 g/mol. The molecule has 14 N–H and O–H groups in total. The van der Waals surface area contributed by atoms with Crippen molar-refractivity contribution in [3.05, 3.63) is 0 Å². The van der Waals surface area contributed by atoms with Crippen molar-refractivity contribution in [3.8, 4) is 0 Å². The fourth-order valence-corrected chi connectivity index (χ4v) is 7.15. The lowest BCUT2D eigenvalue weighted by Gasteiger charge is -2.52. The molecule has 0 aromatic carbocycles. The first-order valence-corrected chi connectivity index (χ1v) is 18.1.